The van der Waals surface area contributed by atoms with Crippen LogP contribution in [-0.4, -0.2) is 28.1 Å². The summed E-state index contributed by atoms with van der Waals surface area (Å²) in [6.45, 7) is 0. The summed E-state index contributed by atoms with van der Waals surface area (Å²) >= 11 is 0. The zero-order valence-corrected chi connectivity index (χ0v) is 11.7. The van der Waals surface area contributed by atoms with Crippen LogP contribution in [0.1, 0.15) is 24.8 Å². The Morgan fingerprint density at radius 2 is 1.95 bits per heavy atom. The van der Waals surface area contributed by atoms with Crippen molar-refractivity contribution in [3.63, 3.8) is 0 Å². The first-order valence-electron chi connectivity index (χ1n) is 7.02. The Kier molecular flexibility index (Phi) is 4.98. The van der Waals surface area contributed by atoms with Gasteiger partial charge in [0.25, 0.3) is 0 Å². The fourth-order valence-corrected chi connectivity index (χ4v) is 2.39. The number of aliphatic carboxylic acids is 1. The molecule has 2 atom stereocenters. The average Bonchev–Trinajstić information content (AvgIpc) is 2.49. The van der Waals surface area contributed by atoms with Crippen molar-refractivity contribution < 1.29 is 19.8 Å². The third-order valence-electron chi connectivity index (χ3n) is 3.63. The van der Waals surface area contributed by atoms with Crippen molar-refractivity contribution in [2.45, 2.75) is 31.7 Å². The summed E-state index contributed by atoms with van der Waals surface area (Å²) < 4.78 is 0. The van der Waals surface area contributed by atoms with E-state index in [1.165, 1.54) is 12.1 Å². The van der Waals surface area contributed by atoms with E-state index < -0.39 is 12.0 Å². The predicted molar refractivity (Wildman–Crippen MR) is 77.9 cm³/mol. The van der Waals surface area contributed by atoms with Gasteiger partial charge in [-0.2, -0.15) is 0 Å². The van der Waals surface area contributed by atoms with E-state index in [0.717, 1.165) is 18.4 Å². The van der Waals surface area contributed by atoms with Gasteiger partial charge in [0, 0.05) is 12.3 Å². The van der Waals surface area contributed by atoms with Crippen LogP contribution in [0.2, 0.25) is 0 Å². The number of aromatic hydroxyl groups is 1. The maximum Gasteiger partial charge on any atom is 0.326 e. The summed E-state index contributed by atoms with van der Waals surface area (Å²) in [6.07, 6.45) is 6.47. The third kappa shape index (κ3) is 4.34. The second-order valence-electron chi connectivity index (χ2n) is 5.25. The molecule has 1 aromatic rings. The van der Waals surface area contributed by atoms with Crippen molar-refractivity contribution in [2.24, 2.45) is 5.92 Å². The van der Waals surface area contributed by atoms with Crippen LogP contribution < -0.4 is 5.32 Å². The van der Waals surface area contributed by atoms with Gasteiger partial charge in [0.15, 0.2) is 0 Å². The molecule has 5 nitrogen and oxygen atoms in total. The Morgan fingerprint density at radius 3 is 2.52 bits per heavy atom. The molecule has 5 heteroatoms. The second kappa shape index (κ2) is 6.92. The maximum atomic E-state index is 12.1. The van der Waals surface area contributed by atoms with E-state index in [4.69, 9.17) is 0 Å². The first-order chi connectivity index (χ1) is 10.1. The Balaban J connectivity index is 1.98. The first-order valence-corrected chi connectivity index (χ1v) is 7.02. The minimum atomic E-state index is -1.05. The quantitative estimate of drug-likeness (QED) is 0.722. The number of nitrogens with one attached hydrogen (secondary N) is 1. The number of benzene rings is 1. The highest BCUT2D eigenvalue weighted by molar-refractivity contribution is 5.85. The molecule has 0 radical (unpaired) electrons. The lowest BCUT2D eigenvalue weighted by Crippen LogP contribution is -2.45. The Labute approximate surface area is 123 Å². The van der Waals surface area contributed by atoms with Crippen LogP contribution in [0, 0.1) is 5.92 Å². The van der Waals surface area contributed by atoms with Crippen molar-refractivity contribution in [2.75, 3.05) is 0 Å². The SMILES string of the molecule is O=C(N[C@H](Cc1ccc(O)cc1)C(=O)O)C1CC=CCC1. The number of carboxylic acid groups (broad SMARTS) is 1. The number of phenols is 1. The van der Waals surface area contributed by atoms with Gasteiger partial charge in [-0.25, -0.2) is 4.79 Å². The molecule has 0 saturated carbocycles. The van der Waals surface area contributed by atoms with Crippen LogP contribution in [0.5, 0.6) is 5.75 Å². The number of amides is 1. The Bertz CT molecular complexity index is 536. The lowest BCUT2D eigenvalue weighted by molar-refractivity contribution is -0.142. The van der Waals surface area contributed by atoms with Gasteiger partial charge in [0.1, 0.15) is 11.8 Å². The van der Waals surface area contributed by atoms with Crippen LogP contribution in [0.25, 0.3) is 0 Å². The minimum absolute atomic E-state index is 0.128. The molecule has 1 aliphatic rings. The molecule has 0 spiro atoms. The summed E-state index contributed by atoms with van der Waals surface area (Å²) in [6, 6.07) is 5.36. The molecule has 1 amide bonds. The maximum absolute atomic E-state index is 12.1. The van der Waals surface area contributed by atoms with Crippen LogP contribution in [-0.2, 0) is 16.0 Å². The van der Waals surface area contributed by atoms with Crippen molar-refractivity contribution >= 4 is 11.9 Å². The van der Waals surface area contributed by atoms with E-state index in [9.17, 15) is 19.8 Å². The molecule has 2 rings (SSSR count). The molecule has 0 aliphatic heterocycles. The summed E-state index contributed by atoms with van der Waals surface area (Å²) in [4.78, 5) is 23.4. The lowest BCUT2D eigenvalue weighted by Gasteiger charge is -2.21. The van der Waals surface area contributed by atoms with Crippen molar-refractivity contribution in [1.82, 2.24) is 5.32 Å². The molecule has 3 N–H and O–H groups in total. The number of carbonyl (C=O) groups excluding carboxylic acids is 1. The largest absolute Gasteiger partial charge is 0.508 e. The van der Waals surface area contributed by atoms with Gasteiger partial charge in [-0.05, 0) is 37.0 Å². The van der Waals surface area contributed by atoms with Gasteiger partial charge in [0.05, 0.1) is 0 Å². The summed E-state index contributed by atoms with van der Waals surface area (Å²) in [5.74, 6) is -1.27. The van der Waals surface area contributed by atoms with Gasteiger partial charge < -0.3 is 15.5 Å². The van der Waals surface area contributed by atoms with E-state index in [0.29, 0.717) is 6.42 Å². The smallest absolute Gasteiger partial charge is 0.326 e. The zero-order valence-electron chi connectivity index (χ0n) is 11.7. The Morgan fingerprint density at radius 1 is 1.24 bits per heavy atom. The van der Waals surface area contributed by atoms with Crippen LogP contribution in [0.3, 0.4) is 0 Å². The Hall–Kier alpha value is -2.30. The highest BCUT2D eigenvalue weighted by Crippen LogP contribution is 2.18. The molecule has 112 valence electrons. The summed E-state index contributed by atoms with van der Waals surface area (Å²) in [5, 5.41) is 21.1. The minimum Gasteiger partial charge on any atom is -0.508 e. The highest BCUT2D eigenvalue weighted by atomic mass is 16.4. The summed E-state index contributed by atoms with van der Waals surface area (Å²) in [7, 11) is 0. The van der Waals surface area contributed by atoms with Gasteiger partial charge in [-0.1, -0.05) is 24.3 Å². The molecule has 0 saturated heterocycles. The number of hydrogen-bond donors (Lipinski definition) is 3. The lowest BCUT2D eigenvalue weighted by atomic mass is 9.93. The van der Waals surface area contributed by atoms with Crippen LogP contribution in [0.15, 0.2) is 36.4 Å². The number of phenolic OH excluding ortho intramolecular Hbond substituents is 1. The molecule has 0 fully saturated rings. The number of carboxylic acids is 1. The molecule has 1 unspecified atom stereocenters. The van der Waals surface area contributed by atoms with E-state index in [2.05, 4.69) is 5.32 Å². The fourth-order valence-electron chi connectivity index (χ4n) is 2.39. The average molecular weight is 289 g/mol. The zero-order chi connectivity index (χ0) is 15.2. The number of hydrogen-bond acceptors (Lipinski definition) is 3. The van der Waals surface area contributed by atoms with E-state index in [-0.39, 0.29) is 24.0 Å². The third-order valence-corrected chi connectivity index (χ3v) is 3.63. The van der Waals surface area contributed by atoms with Gasteiger partial charge in [-0.15, -0.1) is 0 Å². The van der Waals surface area contributed by atoms with Crippen LogP contribution >= 0.6 is 0 Å². The molecular formula is C16H19NO4. The standard InChI is InChI=1S/C16H19NO4/c18-13-8-6-11(7-9-13)10-14(16(20)21)17-15(19)12-4-2-1-3-5-12/h1-2,6-9,12,14,18H,3-5,10H2,(H,17,19)(H,20,21)/t12?,14-/m1/s1. The molecule has 0 heterocycles. The first kappa shape index (κ1) is 15.1. The molecule has 0 bridgehead atoms. The topological polar surface area (TPSA) is 86.6 Å². The molecule has 0 aromatic heterocycles. The van der Waals surface area contributed by atoms with Crippen molar-refractivity contribution in [1.29, 1.82) is 0 Å². The predicted octanol–water partition coefficient (Wildman–Crippen LogP) is 1.86. The van der Waals surface area contributed by atoms with Crippen molar-refractivity contribution in [3.05, 3.63) is 42.0 Å². The number of carbonyl (C=O) groups is 2. The van der Waals surface area contributed by atoms with Gasteiger partial charge in [-0.3, -0.25) is 4.79 Å². The molecule has 1 aliphatic carbocycles. The van der Waals surface area contributed by atoms with Crippen molar-refractivity contribution in [3.8, 4) is 5.75 Å². The van der Waals surface area contributed by atoms with E-state index in [1.807, 2.05) is 12.2 Å². The summed E-state index contributed by atoms with van der Waals surface area (Å²) in [5.41, 5.74) is 0.754. The molecule has 1 aromatic carbocycles. The number of rotatable bonds is 5. The number of allylic oxidation sites excluding steroid dienone is 2. The van der Waals surface area contributed by atoms with E-state index in [1.54, 1.807) is 12.1 Å². The van der Waals surface area contributed by atoms with E-state index >= 15 is 0 Å². The molecule has 21 heavy (non-hydrogen) atoms. The highest BCUT2D eigenvalue weighted by Gasteiger charge is 2.25. The van der Waals surface area contributed by atoms with Gasteiger partial charge >= 0.3 is 5.97 Å². The van der Waals surface area contributed by atoms with Crippen LogP contribution in [0.4, 0.5) is 0 Å². The molecular weight excluding hydrogens is 270 g/mol. The fraction of sp³-hybridized carbons (Fsp3) is 0.375. The normalized spacial score (nSPS) is 19.0. The van der Waals surface area contributed by atoms with Gasteiger partial charge in [0.2, 0.25) is 5.91 Å². The second-order valence-corrected chi connectivity index (χ2v) is 5.25. The monoisotopic (exact) mass is 289 g/mol.